The summed E-state index contributed by atoms with van der Waals surface area (Å²) in [6.07, 6.45) is 2.35. The summed E-state index contributed by atoms with van der Waals surface area (Å²) in [6, 6.07) is 8.92. The molecule has 27 heavy (non-hydrogen) atoms. The molecule has 2 heterocycles. The quantitative estimate of drug-likeness (QED) is 0.566. The van der Waals surface area contributed by atoms with Crippen LogP contribution in [0.25, 0.3) is 0 Å². The number of anilines is 1. The predicted molar refractivity (Wildman–Crippen MR) is 98.1 cm³/mol. The van der Waals surface area contributed by atoms with Crippen molar-refractivity contribution in [2.24, 2.45) is 0 Å². The predicted octanol–water partition coefficient (Wildman–Crippen LogP) is 1.77. The van der Waals surface area contributed by atoms with Gasteiger partial charge in [-0.3, -0.25) is 10.1 Å². The Kier molecular flexibility index (Phi) is 4.52. The maximum atomic E-state index is 12.7. The Morgan fingerprint density at radius 3 is 2.15 bits per heavy atom. The van der Waals surface area contributed by atoms with Crippen molar-refractivity contribution < 1.29 is 13.3 Å². The van der Waals surface area contributed by atoms with Crippen LogP contribution in [0.2, 0.25) is 0 Å². The van der Waals surface area contributed by atoms with Crippen LogP contribution in [0.1, 0.15) is 24.5 Å². The second-order valence-corrected chi connectivity index (χ2v) is 8.67. The Hall–Kier alpha value is -2.59. The number of non-ortho nitro benzene ring substituents is 1. The van der Waals surface area contributed by atoms with E-state index in [1.807, 2.05) is 17.0 Å². The van der Waals surface area contributed by atoms with Gasteiger partial charge in [-0.25, -0.2) is 8.42 Å². The van der Waals surface area contributed by atoms with Gasteiger partial charge < -0.3 is 4.90 Å². The molecule has 4 rings (SSSR count). The van der Waals surface area contributed by atoms with Crippen molar-refractivity contribution in [3.8, 4) is 0 Å². The van der Waals surface area contributed by atoms with Crippen molar-refractivity contribution in [3.63, 3.8) is 0 Å². The highest BCUT2D eigenvalue weighted by Gasteiger charge is 2.30. The van der Waals surface area contributed by atoms with Crippen LogP contribution in [-0.2, 0) is 10.0 Å². The fourth-order valence-corrected chi connectivity index (χ4v) is 4.57. The van der Waals surface area contributed by atoms with Gasteiger partial charge in [0, 0.05) is 44.2 Å². The maximum Gasteiger partial charge on any atom is 0.269 e. The van der Waals surface area contributed by atoms with Crippen LogP contribution in [0, 0.1) is 10.1 Å². The highest BCUT2D eigenvalue weighted by atomic mass is 32.2. The number of benzene rings is 1. The van der Waals surface area contributed by atoms with Gasteiger partial charge in [0.05, 0.1) is 15.5 Å². The van der Waals surface area contributed by atoms with Crippen LogP contribution in [0.4, 0.5) is 11.5 Å². The number of hydrogen-bond acceptors (Lipinski definition) is 7. The van der Waals surface area contributed by atoms with Crippen molar-refractivity contribution in [2.75, 3.05) is 31.1 Å². The number of aromatic nitrogens is 2. The minimum Gasteiger partial charge on any atom is -0.352 e. The molecule has 1 aliphatic heterocycles. The molecule has 1 saturated carbocycles. The fourth-order valence-electron chi connectivity index (χ4n) is 3.15. The molecule has 10 heteroatoms. The first-order valence-electron chi connectivity index (χ1n) is 8.78. The smallest absolute Gasteiger partial charge is 0.269 e. The molecule has 2 fully saturated rings. The average Bonchev–Trinajstić information content (AvgIpc) is 3.54. The molecule has 1 saturated heterocycles. The van der Waals surface area contributed by atoms with E-state index in [9.17, 15) is 18.5 Å². The second kappa shape index (κ2) is 6.86. The van der Waals surface area contributed by atoms with E-state index in [1.165, 1.54) is 41.4 Å². The van der Waals surface area contributed by atoms with Gasteiger partial charge in [-0.2, -0.15) is 9.40 Å². The number of nitrogens with zero attached hydrogens (tertiary/aromatic N) is 5. The molecule has 0 atom stereocenters. The molecule has 0 spiro atoms. The molecule has 1 aromatic carbocycles. The third-order valence-electron chi connectivity index (χ3n) is 4.91. The van der Waals surface area contributed by atoms with Crippen molar-refractivity contribution in [2.45, 2.75) is 23.7 Å². The molecule has 2 aliphatic rings. The first-order chi connectivity index (χ1) is 12.9. The molecule has 0 bridgehead atoms. The van der Waals surface area contributed by atoms with E-state index < -0.39 is 14.9 Å². The number of rotatable bonds is 5. The Bertz CT molecular complexity index is 934. The third kappa shape index (κ3) is 3.62. The zero-order chi connectivity index (χ0) is 19.0. The van der Waals surface area contributed by atoms with Gasteiger partial charge in [0.2, 0.25) is 10.0 Å². The third-order valence-corrected chi connectivity index (χ3v) is 6.83. The molecule has 0 radical (unpaired) electrons. The standard InChI is InChI=1S/C17H19N5O4S/c23-22(24)14-3-5-15(6-4-14)27(25,26)21-11-9-20(10-12-21)17-8-7-16(18-19-17)13-1-2-13/h3-8,13H,1-2,9-12H2. The number of nitro groups is 1. The van der Waals surface area contributed by atoms with Crippen molar-refractivity contribution in [1.82, 2.24) is 14.5 Å². The molecular weight excluding hydrogens is 370 g/mol. The number of nitro benzene ring substituents is 1. The molecule has 142 valence electrons. The van der Waals surface area contributed by atoms with Gasteiger partial charge >= 0.3 is 0 Å². The number of piperazine rings is 1. The SMILES string of the molecule is O=[N+]([O-])c1ccc(S(=O)(=O)N2CCN(c3ccc(C4CC4)nn3)CC2)cc1. The summed E-state index contributed by atoms with van der Waals surface area (Å²) in [5.74, 6) is 1.31. The Labute approximate surface area is 156 Å². The lowest BCUT2D eigenvalue weighted by Gasteiger charge is -2.34. The fraction of sp³-hybridized carbons (Fsp3) is 0.412. The Morgan fingerprint density at radius 1 is 0.963 bits per heavy atom. The zero-order valence-corrected chi connectivity index (χ0v) is 15.4. The van der Waals surface area contributed by atoms with Gasteiger partial charge in [0.1, 0.15) is 0 Å². The summed E-state index contributed by atoms with van der Waals surface area (Å²) in [4.78, 5) is 12.3. The van der Waals surface area contributed by atoms with Crippen LogP contribution >= 0.6 is 0 Å². The summed E-state index contributed by atoms with van der Waals surface area (Å²) in [7, 11) is -3.67. The van der Waals surface area contributed by atoms with Crippen LogP contribution in [-0.4, -0.2) is 54.0 Å². The number of sulfonamides is 1. The first-order valence-corrected chi connectivity index (χ1v) is 10.2. The van der Waals surface area contributed by atoms with E-state index in [2.05, 4.69) is 10.2 Å². The van der Waals surface area contributed by atoms with E-state index >= 15 is 0 Å². The molecule has 9 nitrogen and oxygen atoms in total. The zero-order valence-electron chi connectivity index (χ0n) is 14.6. The highest BCUT2D eigenvalue weighted by Crippen LogP contribution is 2.38. The summed E-state index contributed by atoms with van der Waals surface area (Å²) in [5.41, 5.74) is 0.894. The lowest BCUT2D eigenvalue weighted by molar-refractivity contribution is -0.384. The molecule has 0 N–H and O–H groups in total. The average molecular weight is 389 g/mol. The van der Waals surface area contributed by atoms with E-state index in [0.29, 0.717) is 32.1 Å². The first kappa shape index (κ1) is 17.8. The number of hydrogen-bond donors (Lipinski definition) is 0. The Morgan fingerprint density at radius 2 is 1.63 bits per heavy atom. The van der Waals surface area contributed by atoms with Gasteiger partial charge in [0.15, 0.2) is 5.82 Å². The molecule has 1 aromatic heterocycles. The molecule has 0 amide bonds. The van der Waals surface area contributed by atoms with E-state index in [-0.39, 0.29) is 10.6 Å². The summed E-state index contributed by atoms with van der Waals surface area (Å²) >= 11 is 0. The molecule has 0 unspecified atom stereocenters. The van der Waals surface area contributed by atoms with Crippen LogP contribution < -0.4 is 4.90 Å². The van der Waals surface area contributed by atoms with Crippen molar-refractivity contribution in [3.05, 3.63) is 52.2 Å². The normalized spacial score (nSPS) is 18.4. The highest BCUT2D eigenvalue weighted by molar-refractivity contribution is 7.89. The lowest BCUT2D eigenvalue weighted by atomic mass is 10.2. The van der Waals surface area contributed by atoms with E-state index in [0.717, 1.165) is 11.5 Å². The summed E-state index contributed by atoms with van der Waals surface area (Å²) < 4.78 is 26.9. The topological polar surface area (TPSA) is 110 Å². The monoisotopic (exact) mass is 389 g/mol. The van der Waals surface area contributed by atoms with Crippen LogP contribution in [0.15, 0.2) is 41.3 Å². The molecular formula is C17H19N5O4S. The van der Waals surface area contributed by atoms with Gasteiger partial charge in [0.25, 0.3) is 5.69 Å². The largest absolute Gasteiger partial charge is 0.352 e. The lowest BCUT2D eigenvalue weighted by Crippen LogP contribution is -2.49. The summed E-state index contributed by atoms with van der Waals surface area (Å²) in [6.45, 7) is 1.68. The van der Waals surface area contributed by atoms with Crippen LogP contribution in [0.5, 0.6) is 0 Å². The minimum atomic E-state index is -3.67. The van der Waals surface area contributed by atoms with Gasteiger partial charge in [-0.05, 0) is 37.1 Å². The minimum absolute atomic E-state index is 0.0649. The van der Waals surface area contributed by atoms with Crippen molar-refractivity contribution in [1.29, 1.82) is 0 Å². The van der Waals surface area contributed by atoms with Gasteiger partial charge in [-0.15, -0.1) is 5.10 Å². The Balaban J connectivity index is 1.42. The van der Waals surface area contributed by atoms with E-state index in [1.54, 1.807) is 0 Å². The molecule has 1 aliphatic carbocycles. The molecule has 2 aromatic rings. The van der Waals surface area contributed by atoms with Crippen molar-refractivity contribution >= 4 is 21.5 Å². The summed E-state index contributed by atoms with van der Waals surface area (Å²) in [5, 5.41) is 19.3. The second-order valence-electron chi connectivity index (χ2n) is 6.73. The van der Waals surface area contributed by atoms with Crippen LogP contribution in [0.3, 0.4) is 0 Å². The van der Waals surface area contributed by atoms with Gasteiger partial charge in [-0.1, -0.05) is 0 Å². The van der Waals surface area contributed by atoms with E-state index in [4.69, 9.17) is 0 Å². The maximum absolute atomic E-state index is 12.7.